The van der Waals surface area contributed by atoms with Gasteiger partial charge in [0, 0.05) is 42.3 Å². The summed E-state index contributed by atoms with van der Waals surface area (Å²) in [7, 11) is 1.70. The van der Waals surface area contributed by atoms with Crippen LogP contribution in [-0.2, 0) is 9.47 Å². The Morgan fingerprint density at radius 1 is 1.47 bits per heavy atom. The van der Waals surface area contributed by atoms with Gasteiger partial charge in [-0.05, 0) is 30.2 Å². The van der Waals surface area contributed by atoms with Crippen molar-refractivity contribution in [3.63, 3.8) is 0 Å². The van der Waals surface area contributed by atoms with E-state index >= 15 is 0 Å². The lowest BCUT2D eigenvalue weighted by molar-refractivity contribution is 0.168. The standard InChI is InChI=1S/C14H19Cl2NO2/c1-18-7-5-17-14(10-4-6-19-9-10)12-8-11(15)2-3-13(12)16/h2-3,8,10,14,17H,4-7,9H2,1H3/t10-,14-/m1/s1. The van der Waals surface area contributed by atoms with E-state index in [1.807, 2.05) is 18.2 Å². The van der Waals surface area contributed by atoms with Crippen molar-refractivity contribution in [2.24, 2.45) is 5.92 Å². The summed E-state index contributed by atoms with van der Waals surface area (Å²) in [5.41, 5.74) is 1.04. The molecule has 19 heavy (non-hydrogen) atoms. The third kappa shape index (κ3) is 4.07. The molecule has 1 fully saturated rings. The molecule has 0 aliphatic carbocycles. The molecule has 3 nitrogen and oxygen atoms in total. The monoisotopic (exact) mass is 303 g/mol. The number of halogens is 2. The molecule has 1 saturated heterocycles. The number of benzene rings is 1. The Hall–Kier alpha value is -0.320. The average molecular weight is 304 g/mol. The van der Waals surface area contributed by atoms with Gasteiger partial charge in [0.1, 0.15) is 0 Å². The Labute approximate surface area is 124 Å². The van der Waals surface area contributed by atoms with Gasteiger partial charge in [0.15, 0.2) is 0 Å². The van der Waals surface area contributed by atoms with Crippen molar-refractivity contribution in [3.8, 4) is 0 Å². The molecule has 0 saturated carbocycles. The highest BCUT2D eigenvalue weighted by Gasteiger charge is 2.28. The van der Waals surface area contributed by atoms with Gasteiger partial charge in [-0.2, -0.15) is 0 Å². The predicted molar refractivity (Wildman–Crippen MR) is 78.0 cm³/mol. The van der Waals surface area contributed by atoms with Crippen LogP contribution >= 0.6 is 23.2 Å². The van der Waals surface area contributed by atoms with Crippen LogP contribution in [0.5, 0.6) is 0 Å². The molecular weight excluding hydrogens is 285 g/mol. The zero-order chi connectivity index (χ0) is 13.7. The number of hydrogen-bond acceptors (Lipinski definition) is 3. The zero-order valence-corrected chi connectivity index (χ0v) is 12.5. The van der Waals surface area contributed by atoms with E-state index in [1.54, 1.807) is 7.11 Å². The SMILES string of the molecule is COCCN[C@@H](c1cc(Cl)ccc1Cl)[C@@H]1CCOC1. The van der Waals surface area contributed by atoms with E-state index in [0.29, 0.717) is 17.5 Å². The first-order chi connectivity index (χ1) is 9.22. The number of methoxy groups -OCH3 is 1. The summed E-state index contributed by atoms with van der Waals surface area (Å²) >= 11 is 12.4. The van der Waals surface area contributed by atoms with E-state index in [2.05, 4.69) is 5.32 Å². The fourth-order valence-electron chi connectivity index (χ4n) is 2.42. The smallest absolute Gasteiger partial charge is 0.0587 e. The highest BCUT2D eigenvalue weighted by Crippen LogP contribution is 2.34. The van der Waals surface area contributed by atoms with Crippen molar-refractivity contribution >= 4 is 23.2 Å². The molecule has 1 aliphatic heterocycles. The lowest BCUT2D eigenvalue weighted by Gasteiger charge is -2.25. The topological polar surface area (TPSA) is 30.5 Å². The third-order valence-corrected chi connectivity index (χ3v) is 3.98. The maximum Gasteiger partial charge on any atom is 0.0587 e. The molecule has 1 N–H and O–H groups in total. The number of hydrogen-bond donors (Lipinski definition) is 1. The normalized spacial score (nSPS) is 20.7. The minimum Gasteiger partial charge on any atom is -0.383 e. The highest BCUT2D eigenvalue weighted by molar-refractivity contribution is 6.33. The van der Waals surface area contributed by atoms with Crippen molar-refractivity contribution < 1.29 is 9.47 Å². The molecule has 2 atom stereocenters. The second-order valence-electron chi connectivity index (χ2n) is 4.71. The summed E-state index contributed by atoms with van der Waals surface area (Å²) in [6.07, 6.45) is 1.04. The molecule has 0 aromatic heterocycles. The second-order valence-corrected chi connectivity index (χ2v) is 5.56. The van der Waals surface area contributed by atoms with Crippen molar-refractivity contribution in [3.05, 3.63) is 33.8 Å². The van der Waals surface area contributed by atoms with Crippen LogP contribution in [0.15, 0.2) is 18.2 Å². The summed E-state index contributed by atoms with van der Waals surface area (Å²) in [6, 6.07) is 5.75. The molecule has 0 radical (unpaired) electrons. The summed E-state index contributed by atoms with van der Waals surface area (Å²) in [6.45, 7) is 3.02. The number of ether oxygens (including phenoxy) is 2. The molecule has 1 aromatic carbocycles. The Morgan fingerprint density at radius 2 is 2.32 bits per heavy atom. The zero-order valence-electron chi connectivity index (χ0n) is 11.0. The van der Waals surface area contributed by atoms with Crippen molar-refractivity contribution in [1.82, 2.24) is 5.32 Å². The predicted octanol–water partition coefficient (Wildman–Crippen LogP) is 3.31. The van der Waals surface area contributed by atoms with Crippen LogP contribution < -0.4 is 5.32 Å². The van der Waals surface area contributed by atoms with Crippen LogP contribution in [0, 0.1) is 5.92 Å². The van der Waals surface area contributed by atoms with Gasteiger partial charge in [0.2, 0.25) is 0 Å². The molecule has 0 unspecified atom stereocenters. The molecule has 0 spiro atoms. The van der Waals surface area contributed by atoms with Gasteiger partial charge in [0.25, 0.3) is 0 Å². The van der Waals surface area contributed by atoms with E-state index in [9.17, 15) is 0 Å². The minimum atomic E-state index is 0.156. The molecular formula is C14H19Cl2NO2. The Bertz CT molecular complexity index is 408. The Morgan fingerprint density at radius 3 is 3.00 bits per heavy atom. The van der Waals surface area contributed by atoms with Crippen LogP contribution in [0.25, 0.3) is 0 Å². The molecule has 2 rings (SSSR count). The van der Waals surface area contributed by atoms with Crippen molar-refractivity contribution in [2.45, 2.75) is 12.5 Å². The van der Waals surface area contributed by atoms with Crippen molar-refractivity contribution in [1.29, 1.82) is 0 Å². The van der Waals surface area contributed by atoms with E-state index in [1.165, 1.54) is 0 Å². The van der Waals surface area contributed by atoms with Gasteiger partial charge in [-0.3, -0.25) is 0 Å². The third-order valence-electron chi connectivity index (χ3n) is 3.40. The van der Waals surface area contributed by atoms with Crippen molar-refractivity contribution in [2.75, 3.05) is 33.5 Å². The van der Waals surface area contributed by atoms with Gasteiger partial charge in [-0.15, -0.1) is 0 Å². The maximum atomic E-state index is 6.31. The maximum absolute atomic E-state index is 6.31. The summed E-state index contributed by atoms with van der Waals surface area (Å²) < 4.78 is 10.6. The molecule has 0 amide bonds. The lowest BCUT2D eigenvalue weighted by atomic mass is 9.92. The molecule has 1 aromatic rings. The first-order valence-corrected chi connectivity index (χ1v) is 7.23. The molecule has 1 heterocycles. The van der Waals surface area contributed by atoms with Crippen LogP contribution in [0.2, 0.25) is 10.0 Å². The fraction of sp³-hybridized carbons (Fsp3) is 0.571. The lowest BCUT2D eigenvalue weighted by Crippen LogP contribution is -2.31. The molecule has 1 aliphatic rings. The van der Waals surface area contributed by atoms with E-state index < -0.39 is 0 Å². The fourth-order valence-corrected chi connectivity index (χ4v) is 2.83. The average Bonchev–Trinajstić information content (AvgIpc) is 2.92. The van der Waals surface area contributed by atoms with E-state index in [4.69, 9.17) is 32.7 Å². The first kappa shape index (κ1) is 15.1. The van der Waals surface area contributed by atoms with Crippen LogP contribution in [0.3, 0.4) is 0 Å². The van der Waals surface area contributed by atoms with E-state index in [0.717, 1.165) is 36.8 Å². The molecule has 106 valence electrons. The molecule has 0 bridgehead atoms. The quantitative estimate of drug-likeness (QED) is 0.818. The first-order valence-electron chi connectivity index (χ1n) is 6.47. The second kappa shape index (κ2) is 7.46. The Balaban J connectivity index is 2.17. The van der Waals surface area contributed by atoms with E-state index in [-0.39, 0.29) is 6.04 Å². The van der Waals surface area contributed by atoms with Crippen LogP contribution in [0.4, 0.5) is 0 Å². The largest absolute Gasteiger partial charge is 0.383 e. The highest BCUT2D eigenvalue weighted by atomic mass is 35.5. The van der Waals surface area contributed by atoms with Crippen LogP contribution in [0.1, 0.15) is 18.0 Å². The minimum absolute atomic E-state index is 0.156. The van der Waals surface area contributed by atoms with Gasteiger partial charge in [-0.1, -0.05) is 23.2 Å². The van der Waals surface area contributed by atoms with Crippen LogP contribution in [-0.4, -0.2) is 33.5 Å². The van der Waals surface area contributed by atoms with Gasteiger partial charge >= 0.3 is 0 Å². The Kier molecular flexibility index (Phi) is 5.92. The summed E-state index contributed by atoms with van der Waals surface area (Å²) in [5, 5.41) is 4.95. The molecule has 5 heteroatoms. The van der Waals surface area contributed by atoms with Gasteiger partial charge < -0.3 is 14.8 Å². The number of nitrogens with one attached hydrogen (secondary N) is 1. The number of rotatable bonds is 6. The summed E-state index contributed by atoms with van der Waals surface area (Å²) in [4.78, 5) is 0. The summed E-state index contributed by atoms with van der Waals surface area (Å²) in [5.74, 6) is 0.424. The van der Waals surface area contributed by atoms with Gasteiger partial charge in [-0.25, -0.2) is 0 Å². The van der Waals surface area contributed by atoms with Gasteiger partial charge in [0.05, 0.1) is 13.2 Å².